The second-order valence-electron chi connectivity index (χ2n) is 3.87. The topological polar surface area (TPSA) is 20.2 Å². The van der Waals surface area contributed by atoms with Crippen molar-refractivity contribution in [2.45, 2.75) is 12.8 Å². The van der Waals surface area contributed by atoms with E-state index in [4.69, 9.17) is 0 Å². The van der Waals surface area contributed by atoms with Crippen LogP contribution < -0.4 is 0 Å². The van der Waals surface area contributed by atoms with E-state index in [-0.39, 0.29) is 12.5 Å². The zero-order chi connectivity index (χ0) is 10.5. The highest BCUT2D eigenvalue weighted by Crippen LogP contribution is 2.25. The van der Waals surface area contributed by atoms with Crippen molar-refractivity contribution in [3.05, 3.63) is 54.1 Å². The Morgan fingerprint density at radius 1 is 1.20 bits per heavy atom. The van der Waals surface area contributed by atoms with E-state index in [1.54, 1.807) is 0 Å². The molecular weight excluding hydrogens is 184 g/mol. The maximum Gasteiger partial charge on any atom is 0.0528 e. The summed E-state index contributed by atoms with van der Waals surface area (Å²) in [5.74, 6) is 0.183. The fourth-order valence-electron chi connectivity index (χ4n) is 1.91. The molecule has 0 unspecified atom stereocenters. The molecule has 0 bridgehead atoms. The van der Waals surface area contributed by atoms with Crippen molar-refractivity contribution in [1.82, 2.24) is 0 Å². The van der Waals surface area contributed by atoms with Crippen LogP contribution in [0.1, 0.15) is 18.4 Å². The number of hydrogen-bond donors (Lipinski definition) is 1. The SMILES string of the molecule is OC[C@H]1C=CCCC(c2ccccc2)=C1. The number of hydrogen-bond acceptors (Lipinski definition) is 1. The highest BCUT2D eigenvalue weighted by atomic mass is 16.3. The van der Waals surface area contributed by atoms with Crippen molar-refractivity contribution in [2.24, 2.45) is 5.92 Å². The van der Waals surface area contributed by atoms with Gasteiger partial charge in [-0.25, -0.2) is 0 Å². The summed E-state index contributed by atoms with van der Waals surface area (Å²) in [7, 11) is 0. The third-order valence-corrected chi connectivity index (χ3v) is 2.73. The first-order valence-corrected chi connectivity index (χ1v) is 5.44. The van der Waals surface area contributed by atoms with E-state index < -0.39 is 0 Å². The number of aliphatic hydroxyl groups excluding tert-OH is 1. The standard InChI is InChI=1S/C14H16O/c15-11-12-6-4-5-9-14(10-12)13-7-2-1-3-8-13/h1-4,6-8,10,12,15H,5,9,11H2/t12-/m0/s1. The number of benzene rings is 1. The van der Waals surface area contributed by atoms with E-state index in [0.717, 1.165) is 12.8 Å². The molecule has 1 aromatic rings. The Kier molecular flexibility index (Phi) is 3.36. The highest BCUT2D eigenvalue weighted by Gasteiger charge is 2.07. The quantitative estimate of drug-likeness (QED) is 0.727. The van der Waals surface area contributed by atoms with Crippen LogP contribution in [0.15, 0.2) is 48.6 Å². The lowest BCUT2D eigenvalue weighted by Gasteiger charge is -2.07. The summed E-state index contributed by atoms with van der Waals surface area (Å²) in [5.41, 5.74) is 2.62. The van der Waals surface area contributed by atoms with Gasteiger partial charge in [-0.05, 0) is 24.0 Å². The molecule has 0 amide bonds. The minimum atomic E-state index is 0.183. The summed E-state index contributed by atoms with van der Waals surface area (Å²) in [6.45, 7) is 0.201. The molecule has 2 rings (SSSR count). The minimum absolute atomic E-state index is 0.183. The van der Waals surface area contributed by atoms with Gasteiger partial charge < -0.3 is 5.11 Å². The molecule has 15 heavy (non-hydrogen) atoms. The van der Waals surface area contributed by atoms with Gasteiger partial charge in [-0.1, -0.05) is 48.6 Å². The van der Waals surface area contributed by atoms with Crippen LogP contribution in [0, 0.1) is 5.92 Å². The Morgan fingerprint density at radius 2 is 2.00 bits per heavy atom. The summed E-state index contributed by atoms with van der Waals surface area (Å²) < 4.78 is 0. The van der Waals surface area contributed by atoms with Crippen LogP contribution in [-0.4, -0.2) is 11.7 Å². The molecule has 1 nitrogen and oxygen atoms in total. The number of aliphatic hydroxyl groups is 1. The van der Waals surface area contributed by atoms with Crippen molar-refractivity contribution >= 4 is 5.57 Å². The van der Waals surface area contributed by atoms with Crippen molar-refractivity contribution in [3.8, 4) is 0 Å². The molecule has 0 spiro atoms. The van der Waals surface area contributed by atoms with Gasteiger partial charge in [0.25, 0.3) is 0 Å². The molecule has 1 atom stereocenters. The van der Waals surface area contributed by atoms with Gasteiger partial charge in [0.15, 0.2) is 0 Å². The average Bonchev–Trinajstić information content (AvgIpc) is 2.55. The van der Waals surface area contributed by atoms with E-state index in [0.29, 0.717) is 0 Å². The molecule has 0 fully saturated rings. The third-order valence-electron chi connectivity index (χ3n) is 2.73. The van der Waals surface area contributed by atoms with E-state index in [1.807, 2.05) is 6.07 Å². The summed E-state index contributed by atoms with van der Waals surface area (Å²) in [5, 5.41) is 9.18. The van der Waals surface area contributed by atoms with Crippen LogP contribution in [0.2, 0.25) is 0 Å². The van der Waals surface area contributed by atoms with Crippen LogP contribution in [0.5, 0.6) is 0 Å². The Bertz CT molecular complexity index is 362. The lowest BCUT2D eigenvalue weighted by molar-refractivity contribution is 0.274. The molecule has 1 N–H and O–H groups in total. The van der Waals surface area contributed by atoms with Gasteiger partial charge in [0.2, 0.25) is 0 Å². The predicted molar refractivity (Wildman–Crippen MR) is 63.4 cm³/mol. The van der Waals surface area contributed by atoms with E-state index in [2.05, 4.69) is 42.5 Å². The van der Waals surface area contributed by atoms with Crippen LogP contribution in [0.25, 0.3) is 5.57 Å². The molecule has 0 saturated carbocycles. The largest absolute Gasteiger partial charge is 0.395 e. The van der Waals surface area contributed by atoms with Gasteiger partial charge in [0.1, 0.15) is 0 Å². The normalized spacial score (nSPS) is 20.9. The van der Waals surface area contributed by atoms with Gasteiger partial charge in [-0.3, -0.25) is 0 Å². The zero-order valence-electron chi connectivity index (χ0n) is 8.76. The number of rotatable bonds is 2. The molecule has 0 heterocycles. The zero-order valence-corrected chi connectivity index (χ0v) is 8.76. The fourth-order valence-corrected chi connectivity index (χ4v) is 1.91. The molecular formula is C14H16O. The summed E-state index contributed by atoms with van der Waals surface area (Å²) in [6, 6.07) is 10.4. The minimum Gasteiger partial charge on any atom is -0.395 e. The maximum atomic E-state index is 9.18. The van der Waals surface area contributed by atoms with Gasteiger partial charge >= 0.3 is 0 Å². The molecule has 0 saturated heterocycles. The summed E-state index contributed by atoms with van der Waals surface area (Å²) in [6.07, 6.45) is 8.57. The third kappa shape index (κ3) is 2.57. The van der Waals surface area contributed by atoms with Crippen LogP contribution >= 0.6 is 0 Å². The molecule has 0 aromatic heterocycles. The Balaban J connectivity index is 2.26. The summed E-state index contributed by atoms with van der Waals surface area (Å²) in [4.78, 5) is 0. The Labute approximate surface area is 90.8 Å². The first-order valence-electron chi connectivity index (χ1n) is 5.44. The molecule has 0 aliphatic heterocycles. The van der Waals surface area contributed by atoms with E-state index >= 15 is 0 Å². The van der Waals surface area contributed by atoms with Crippen LogP contribution in [-0.2, 0) is 0 Å². The molecule has 78 valence electrons. The van der Waals surface area contributed by atoms with E-state index in [1.165, 1.54) is 11.1 Å². The van der Waals surface area contributed by atoms with Crippen LogP contribution in [0.4, 0.5) is 0 Å². The fraction of sp³-hybridized carbons (Fsp3) is 0.286. The monoisotopic (exact) mass is 200 g/mol. The van der Waals surface area contributed by atoms with Crippen molar-refractivity contribution < 1.29 is 5.11 Å². The Morgan fingerprint density at radius 3 is 2.73 bits per heavy atom. The predicted octanol–water partition coefficient (Wildman–Crippen LogP) is 3.03. The smallest absolute Gasteiger partial charge is 0.0528 e. The number of allylic oxidation sites excluding steroid dienone is 2. The lowest BCUT2D eigenvalue weighted by Crippen LogP contribution is -1.98. The first-order chi connectivity index (χ1) is 7.40. The van der Waals surface area contributed by atoms with Crippen molar-refractivity contribution in [3.63, 3.8) is 0 Å². The van der Waals surface area contributed by atoms with Gasteiger partial charge in [0.05, 0.1) is 6.61 Å². The lowest BCUT2D eigenvalue weighted by atomic mass is 9.99. The molecule has 1 aromatic carbocycles. The molecule has 0 radical (unpaired) electrons. The molecule has 1 aliphatic carbocycles. The molecule has 1 aliphatic rings. The molecule has 1 heteroatoms. The Hall–Kier alpha value is -1.34. The second kappa shape index (κ2) is 4.94. The highest BCUT2D eigenvalue weighted by molar-refractivity contribution is 5.66. The van der Waals surface area contributed by atoms with Gasteiger partial charge in [0, 0.05) is 5.92 Å². The summed E-state index contributed by atoms with van der Waals surface area (Å²) >= 11 is 0. The van der Waals surface area contributed by atoms with Crippen molar-refractivity contribution in [2.75, 3.05) is 6.61 Å². The van der Waals surface area contributed by atoms with Crippen molar-refractivity contribution in [1.29, 1.82) is 0 Å². The van der Waals surface area contributed by atoms with Gasteiger partial charge in [-0.2, -0.15) is 0 Å². The second-order valence-corrected chi connectivity index (χ2v) is 3.87. The van der Waals surface area contributed by atoms with Gasteiger partial charge in [-0.15, -0.1) is 0 Å². The van der Waals surface area contributed by atoms with Crippen LogP contribution in [0.3, 0.4) is 0 Å². The average molecular weight is 200 g/mol. The maximum absolute atomic E-state index is 9.18. The van der Waals surface area contributed by atoms with E-state index in [9.17, 15) is 5.11 Å². The first kappa shape index (κ1) is 10.2.